The largest absolute Gasteiger partial charge is 0.493 e. The van der Waals surface area contributed by atoms with Crippen LogP contribution in [0, 0.1) is 0 Å². The molecule has 0 aromatic heterocycles. The summed E-state index contributed by atoms with van der Waals surface area (Å²) in [6.45, 7) is 3.21. The zero-order chi connectivity index (χ0) is 19.1. The molecule has 1 N–H and O–H groups in total. The fourth-order valence-corrected chi connectivity index (χ4v) is 3.10. The lowest BCUT2D eigenvalue weighted by molar-refractivity contribution is 0.280. The van der Waals surface area contributed by atoms with Crippen LogP contribution in [0.5, 0.6) is 11.5 Å². The standard InChI is InChI=1S/C23H24ClNO2/c1-17(18-9-4-3-5-10-18)25-15-19-12-8-14-22(26-2)23(19)27-16-20-11-6-7-13-21(20)24/h3-14,17,25H,15-16H2,1-2H3. The Bertz CT molecular complexity index is 867. The molecule has 0 aliphatic carbocycles. The van der Waals surface area contributed by atoms with Crippen molar-refractivity contribution in [1.82, 2.24) is 5.32 Å². The molecule has 0 saturated carbocycles. The highest BCUT2D eigenvalue weighted by atomic mass is 35.5. The maximum Gasteiger partial charge on any atom is 0.166 e. The van der Waals surface area contributed by atoms with Crippen LogP contribution in [-0.2, 0) is 13.2 Å². The lowest BCUT2D eigenvalue weighted by Crippen LogP contribution is -2.18. The second-order valence-electron chi connectivity index (χ2n) is 6.34. The highest BCUT2D eigenvalue weighted by Gasteiger charge is 2.13. The third kappa shape index (κ3) is 5.03. The van der Waals surface area contributed by atoms with Gasteiger partial charge in [0.1, 0.15) is 6.61 Å². The molecule has 3 aromatic rings. The molecule has 0 aliphatic heterocycles. The average molecular weight is 382 g/mol. The van der Waals surface area contributed by atoms with Crippen molar-refractivity contribution >= 4 is 11.6 Å². The van der Waals surface area contributed by atoms with Crippen LogP contribution in [-0.4, -0.2) is 7.11 Å². The summed E-state index contributed by atoms with van der Waals surface area (Å²) in [6.07, 6.45) is 0. The van der Waals surface area contributed by atoms with Crippen molar-refractivity contribution in [3.05, 3.63) is 94.5 Å². The van der Waals surface area contributed by atoms with E-state index in [0.29, 0.717) is 23.9 Å². The van der Waals surface area contributed by atoms with Gasteiger partial charge in [0.2, 0.25) is 0 Å². The Morgan fingerprint density at radius 3 is 2.33 bits per heavy atom. The second kappa shape index (κ2) is 9.45. The third-order valence-corrected chi connectivity index (χ3v) is 4.88. The molecule has 0 spiro atoms. The summed E-state index contributed by atoms with van der Waals surface area (Å²) in [5, 5.41) is 4.25. The highest BCUT2D eigenvalue weighted by molar-refractivity contribution is 6.31. The van der Waals surface area contributed by atoms with E-state index in [1.54, 1.807) is 7.11 Å². The molecular weight excluding hydrogens is 358 g/mol. The van der Waals surface area contributed by atoms with E-state index in [9.17, 15) is 0 Å². The maximum atomic E-state index is 6.25. The van der Waals surface area contributed by atoms with Crippen LogP contribution < -0.4 is 14.8 Å². The molecule has 0 bridgehead atoms. The van der Waals surface area contributed by atoms with Gasteiger partial charge in [0.15, 0.2) is 11.5 Å². The summed E-state index contributed by atoms with van der Waals surface area (Å²) in [5.41, 5.74) is 3.24. The van der Waals surface area contributed by atoms with Crippen molar-refractivity contribution in [3.8, 4) is 11.5 Å². The van der Waals surface area contributed by atoms with Crippen molar-refractivity contribution in [1.29, 1.82) is 0 Å². The van der Waals surface area contributed by atoms with Gasteiger partial charge in [-0.15, -0.1) is 0 Å². The van der Waals surface area contributed by atoms with Gasteiger partial charge in [-0.1, -0.05) is 72.3 Å². The first-order valence-electron chi connectivity index (χ1n) is 8.99. The minimum atomic E-state index is 0.230. The molecule has 0 radical (unpaired) electrons. The lowest BCUT2D eigenvalue weighted by Gasteiger charge is -2.18. The minimum absolute atomic E-state index is 0.230. The summed E-state index contributed by atoms with van der Waals surface area (Å²) in [7, 11) is 1.65. The fraction of sp³-hybridized carbons (Fsp3) is 0.217. The molecule has 3 aromatic carbocycles. The fourth-order valence-electron chi connectivity index (χ4n) is 2.91. The number of halogens is 1. The highest BCUT2D eigenvalue weighted by Crippen LogP contribution is 2.32. The summed E-state index contributed by atoms with van der Waals surface area (Å²) in [6, 6.07) is 24.2. The molecule has 3 nitrogen and oxygen atoms in total. The Hall–Kier alpha value is -2.49. The predicted molar refractivity (Wildman–Crippen MR) is 110 cm³/mol. The van der Waals surface area contributed by atoms with E-state index < -0.39 is 0 Å². The first-order chi connectivity index (χ1) is 13.2. The summed E-state index contributed by atoms with van der Waals surface area (Å²) >= 11 is 6.25. The van der Waals surface area contributed by atoms with Crippen molar-refractivity contribution in [3.63, 3.8) is 0 Å². The Kier molecular flexibility index (Phi) is 6.74. The first kappa shape index (κ1) is 19.3. The molecule has 0 heterocycles. The molecular formula is C23H24ClNO2. The molecule has 4 heteroatoms. The van der Waals surface area contributed by atoms with E-state index in [2.05, 4.69) is 42.6 Å². The molecule has 3 rings (SSSR count). The number of hydrogen-bond acceptors (Lipinski definition) is 3. The molecule has 140 valence electrons. The average Bonchev–Trinajstić information content (AvgIpc) is 2.72. The molecule has 0 amide bonds. The SMILES string of the molecule is COc1cccc(CNC(C)c2ccccc2)c1OCc1ccccc1Cl. The van der Waals surface area contributed by atoms with Gasteiger partial charge in [-0.3, -0.25) is 0 Å². The van der Waals surface area contributed by atoms with Crippen LogP contribution in [0.1, 0.15) is 29.7 Å². The van der Waals surface area contributed by atoms with Crippen molar-refractivity contribution in [2.24, 2.45) is 0 Å². The Morgan fingerprint density at radius 1 is 0.889 bits per heavy atom. The van der Waals surface area contributed by atoms with E-state index in [1.165, 1.54) is 5.56 Å². The van der Waals surface area contributed by atoms with Crippen molar-refractivity contribution in [2.75, 3.05) is 7.11 Å². The topological polar surface area (TPSA) is 30.5 Å². The Balaban J connectivity index is 1.74. The molecule has 0 saturated heterocycles. The van der Waals surface area contributed by atoms with Gasteiger partial charge in [-0.05, 0) is 24.6 Å². The number of ether oxygens (including phenoxy) is 2. The van der Waals surface area contributed by atoms with E-state index in [-0.39, 0.29) is 6.04 Å². The van der Waals surface area contributed by atoms with Gasteiger partial charge < -0.3 is 14.8 Å². The monoisotopic (exact) mass is 381 g/mol. The van der Waals surface area contributed by atoms with Crippen LogP contribution in [0.3, 0.4) is 0 Å². The normalized spacial score (nSPS) is 11.8. The predicted octanol–water partition coefficient (Wildman–Crippen LogP) is 5.78. The van der Waals surface area contributed by atoms with Gasteiger partial charge in [0.25, 0.3) is 0 Å². The zero-order valence-corrected chi connectivity index (χ0v) is 16.4. The summed E-state index contributed by atoms with van der Waals surface area (Å²) < 4.78 is 11.6. The molecule has 27 heavy (non-hydrogen) atoms. The summed E-state index contributed by atoms with van der Waals surface area (Å²) in [4.78, 5) is 0. The Labute approximate surface area is 165 Å². The molecule has 0 fully saturated rings. The van der Waals surface area contributed by atoms with Crippen LogP contribution in [0.15, 0.2) is 72.8 Å². The van der Waals surface area contributed by atoms with Gasteiger partial charge in [0.05, 0.1) is 7.11 Å². The zero-order valence-electron chi connectivity index (χ0n) is 15.6. The van der Waals surface area contributed by atoms with E-state index in [4.69, 9.17) is 21.1 Å². The number of para-hydroxylation sites is 1. The number of rotatable bonds is 8. The second-order valence-corrected chi connectivity index (χ2v) is 6.75. The molecule has 0 aliphatic rings. The lowest BCUT2D eigenvalue weighted by atomic mass is 10.1. The van der Waals surface area contributed by atoms with Gasteiger partial charge in [0, 0.05) is 28.7 Å². The molecule has 1 unspecified atom stereocenters. The summed E-state index contributed by atoms with van der Waals surface area (Å²) in [5.74, 6) is 1.46. The number of hydrogen-bond donors (Lipinski definition) is 1. The number of methoxy groups -OCH3 is 1. The van der Waals surface area contributed by atoms with Crippen LogP contribution >= 0.6 is 11.6 Å². The van der Waals surface area contributed by atoms with Gasteiger partial charge in [-0.25, -0.2) is 0 Å². The van der Waals surface area contributed by atoms with E-state index in [0.717, 1.165) is 16.9 Å². The van der Waals surface area contributed by atoms with Crippen molar-refractivity contribution < 1.29 is 9.47 Å². The van der Waals surface area contributed by atoms with Crippen LogP contribution in [0.25, 0.3) is 0 Å². The van der Waals surface area contributed by atoms with E-state index >= 15 is 0 Å². The van der Waals surface area contributed by atoms with Crippen LogP contribution in [0.4, 0.5) is 0 Å². The number of benzene rings is 3. The first-order valence-corrected chi connectivity index (χ1v) is 9.37. The van der Waals surface area contributed by atoms with Crippen molar-refractivity contribution in [2.45, 2.75) is 26.1 Å². The number of nitrogens with one attached hydrogen (secondary N) is 1. The Morgan fingerprint density at radius 2 is 1.59 bits per heavy atom. The molecule has 1 atom stereocenters. The van der Waals surface area contributed by atoms with Crippen LogP contribution in [0.2, 0.25) is 5.02 Å². The van der Waals surface area contributed by atoms with E-state index in [1.807, 2.05) is 42.5 Å². The van der Waals surface area contributed by atoms with Gasteiger partial charge >= 0.3 is 0 Å². The smallest absolute Gasteiger partial charge is 0.166 e. The minimum Gasteiger partial charge on any atom is -0.493 e. The third-order valence-electron chi connectivity index (χ3n) is 4.51. The quantitative estimate of drug-likeness (QED) is 0.536. The maximum absolute atomic E-state index is 6.25. The van der Waals surface area contributed by atoms with Gasteiger partial charge in [-0.2, -0.15) is 0 Å².